The van der Waals surface area contributed by atoms with Crippen LogP contribution in [-0.4, -0.2) is 23.1 Å². The Balaban J connectivity index is 1.75. The summed E-state index contributed by atoms with van der Waals surface area (Å²) in [4.78, 5) is 34.4. The third-order valence-corrected chi connectivity index (χ3v) is 5.09. The van der Waals surface area contributed by atoms with Crippen LogP contribution in [0.15, 0.2) is 39.5 Å². The SMILES string of the molecule is Cc1c(C(=O)OOC(=O)c2ccc3ooc3c2C)cccc1C(C)(C)CC(C)O. The Morgan fingerprint density at radius 2 is 1.62 bits per heavy atom. The van der Waals surface area contributed by atoms with Crippen LogP contribution in [0.4, 0.5) is 0 Å². The summed E-state index contributed by atoms with van der Waals surface area (Å²) in [5.41, 5.74) is 3.29. The predicted molar refractivity (Wildman–Crippen MR) is 105 cm³/mol. The van der Waals surface area contributed by atoms with Crippen molar-refractivity contribution < 1.29 is 33.6 Å². The number of hydrogen-bond acceptors (Lipinski definition) is 7. The Bertz CT molecular complexity index is 1050. The second-order valence-corrected chi connectivity index (χ2v) is 7.89. The number of aliphatic hydroxyl groups is 1. The van der Waals surface area contributed by atoms with Gasteiger partial charge in [0, 0.05) is 5.56 Å². The first-order chi connectivity index (χ1) is 13.6. The van der Waals surface area contributed by atoms with E-state index in [0.717, 1.165) is 5.56 Å². The van der Waals surface area contributed by atoms with Gasteiger partial charge in [0.1, 0.15) is 0 Å². The molecule has 0 aliphatic heterocycles. The van der Waals surface area contributed by atoms with Crippen LogP contribution in [0, 0.1) is 13.8 Å². The molecule has 1 heterocycles. The largest absolute Gasteiger partial charge is 0.393 e. The van der Waals surface area contributed by atoms with Gasteiger partial charge in [0.05, 0.1) is 17.2 Å². The van der Waals surface area contributed by atoms with Crippen LogP contribution < -0.4 is 0 Å². The quantitative estimate of drug-likeness (QED) is 0.493. The molecule has 0 saturated carbocycles. The van der Waals surface area contributed by atoms with E-state index in [2.05, 4.69) is 0 Å². The molecule has 3 rings (SSSR count). The lowest BCUT2D eigenvalue weighted by atomic mass is 9.77. The van der Waals surface area contributed by atoms with Crippen LogP contribution in [0.3, 0.4) is 0 Å². The van der Waals surface area contributed by atoms with E-state index in [0.29, 0.717) is 34.3 Å². The second kappa shape index (κ2) is 7.75. The van der Waals surface area contributed by atoms with Gasteiger partial charge in [-0.05, 0) is 61.9 Å². The molecule has 0 aliphatic carbocycles. The summed E-state index contributed by atoms with van der Waals surface area (Å²) >= 11 is 0. The topological polar surface area (TPSA) is 99.1 Å². The molecule has 1 aromatic heterocycles. The van der Waals surface area contributed by atoms with Crippen LogP contribution in [0.1, 0.15) is 64.6 Å². The summed E-state index contributed by atoms with van der Waals surface area (Å²) in [6.07, 6.45) is 0.0479. The first kappa shape index (κ1) is 20.7. The van der Waals surface area contributed by atoms with E-state index in [1.165, 1.54) is 6.07 Å². The number of carbonyl (C=O) groups is 2. The molecule has 0 fully saturated rings. The first-order valence-corrected chi connectivity index (χ1v) is 9.31. The van der Waals surface area contributed by atoms with Crippen LogP contribution in [0.2, 0.25) is 0 Å². The highest BCUT2D eigenvalue weighted by Crippen LogP contribution is 2.32. The zero-order valence-corrected chi connectivity index (χ0v) is 17.1. The minimum Gasteiger partial charge on any atom is -0.393 e. The van der Waals surface area contributed by atoms with Crippen LogP contribution in [0.25, 0.3) is 11.2 Å². The third kappa shape index (κ3) is 4.05. The van der Waals surface area contributed by atoms with Crippen molar-refractivity contribution in [2.45, 2.75) is 52.6 Å². The molecule has 0 aliphatic rings. The van der Waals surface area contributed by atoms with Gasteiger partial charge < -0.3 is 5.11 Å². The third-order valence-electron chi connectivity index (χ3n) is 5.09. The van der Waals surface area contributed by atoms with Crippen molar-refractivity contribution in [1.82, 2.24) is 0 Å². The number of benzene rings is 2. The van der Waals surface area contributed by atoms with Crippen molar-refractivity contribution in [3.8, 4) is 0 Å². The fraction of sp³-hybridized carbons (Fsp3) is 0.364. The lowest BCUT2D eigenvalue weighted by Crippen LogP contribution is -2.25. The summed E-state index contributed by atoms with van der Waals surface area (Å²) in [7, 11) is 0. The van der Waals surface area contributed by atoms with Crippen LogP contribution >= 0.6 is 0 Å². The van der Waals surface area contributed by atoms with Crippen LogP contribution in [0.5, 0.6) is 0 Å². The molecule has 0 radical (unpaired) electrons. The standard InChI is InChI=1S/C22H24O7/c1-12(23)11-22(4,5)17-8-6-7-15(13(17)2)20(24)28-29-21(25)16-9-10-18-19(14(16)3)27-26-18/h6-10,12,23H,11H2,1-5H3. The molecule has 1 unspecified atom stereocenters. The van der Waals surface area contributed by atoms with E-state index in [4.69, 9.17) is 18.9 Å². The van der Waals surface area contributed by atoms with Crippen LogP contribution in [-0.2, 0) is 15.2 Å². The molecule has 29 heavy (non-hydrogen) atoms. The predicted octanol–water partition coefficient (Wildman–Crippen LogP) is 4.62. The van der Waals surface area contributed by atoms with Gasteiger partial charge in [0.2, 0.25) is 11.2 Å². The zero-order chi connectivity index (χ0) is 21.3. The van der Waals surface area contributed by atoms with Crippen molar-refractivity contribution in [1.29, 1.82) is 0 Å². The minimum atomic E-state index is -0.808. The molecule has 1 atom stereocenters. The summed E-state index contributed by atoms with van der Waals surface area (Å²) in [6.45, 7) is 9.20. The normalized spacial score (nSPS) is 12.8. The molecule has 7 heteroatoms. The van der Waals surface area contributed by atoms with E-state index >= 15 is 0 Å². The maximum Gasteiger partial charge on any atom is 0.386 e. The van der Waals surface area contributed by atoms with E-state index < -0.39 is 18.0 Å². The van der Waals surface area contributed by atoms with E-state index in [-0.39, 0.29) is 11.0 Å². The zero-order valence-electron chi connectivity index (χ0n) is 17.1. The van der Waals surface area contributed by atoms with Crippen molar-refractivity contribution >= 4 is 23.1 Å². The highest BCUT2D eigenvalue weighted by atomic mass is 17.2. The fourth-order valence-electron chi connectivity index (χ4n) is 3.71. The second-order valence-electron chi connectivity index (χ2n) is 7.89. The van der Waals surface area contributed by atoms with Crippen molar-refractivity contribution in [2.75, 3.05) is 0 Å². The van der Waals surface area contributed by atoms with E-state index in [1.807, 2.05) is 19.9 Å². The van der Waals surface area contributed by atoms with Gasteiger partial charge >= 0.3 is 11.9 Å². The summed E-state index contributed by atoms with van der Waals surface area (Å²) < 4.78 is 9.62. The molecular weight excluding hydrogens is 376 g/mol. The number of carbonyl (C=O) groups excluding carboxylic acids is 2. The maximum absolute atomic E-state index is 12.5. The molecule has 154 valence electrons. The van der Waals surface area contributed by atoms with Gasteiger partial charge in [-0.1, -0.05) is 26.0 Å². The molecule has 0 saturated heterocycles. The van der Waals surface area contributed by atoms with Crippen molar-refractivity contribution in [3.05, 3.63) is 58.1 Å². The summed E-state index contributed by atoms with van der Waals surface area (Å²) in [6, 6.07) is 8.34. The van der Waals surface area contributed by atoms with E-state index in [1.54, 1.807) is 39.0 Å². The Hall–Kier alpha value is -3.06. The summed E-state index contributed by atoms with van der Waals surface area (Å²) in [5, 5.41) is 9.77. The average molecular weight is 400 g/mol. The minimum absolute atomic E-state index is 0.211. The Morgan fingerprint density at radius 3 is 2.17 bits per heavy atom. The number of fused-ring (bicyclic) bond motifs is 1. The molecule has 0 spiro atoms. The molecule has 7 nitrogen and oxygen atoms in total. The van der Waals surface area contributed by atoms with E-state index in [9.17, 15) is 14.7 Å². The number of aliphatic hydroxyl groups excluding tert-OH is 1. The Morgan fingerprint density at radius 1 is 1.00 bits per heavy atom. The molecule has 0 amide bonds. The highest BCUT2D eigenvalue weighted by molar-refractivity contribution is 5.96. The van der Waals surface area contributed by atoms with Crippen molar-refractivity contribution in [2.24, 2.45) is 0 Å². The molecule has 3 aromatic rings. The smallest absolute Gasteiger partial charge is 0.386 e. The van der Waals surface area contributed by atoms with Crippen molar-refractivity contribution in [3.63, 3.8) is 0 Å². The van der Waals surface area contributed by atoms with Gasteiger partial charge in [0.25, 0.3) is 0 Å². The van der Waals surface area contributed by atoms with Gasteiger partial charge in [0.15, 0.2) is 0 Å². The molecule has 2 aromatic carbocycles. The average Bonchev–Trinajstić information content (AvgIpc) is 2.60. The molecular formula is C22H24O7. The maximum atomic E-state index is 12.5. The molecule has 1 N–H and O–H groups in total. The van der Waals surface area contributed by atoms with Gasteiger partial charge in [-0.2, -0.15) is 0 Å². The Labute approximate surface area is 168 Å². The number of rotatable bonds is 5. The lowest BCUT2D eigenvalue weighted by Gasteiger charge is -2.29. The number of aryl methyl sites for hydroxylation is 1. The fourth-order valence-corrected chi connectivity index (χ4v) is 3.71. The highest BCUT2D eigenvalue weighted by Gasteiger charge is 2.27. The van der Waals surface area contributed by atoms with Gasteiger partial charge in [-0.15, -0.1) is 0 Å². The van der Waals surface area contributed by atoms with Gasteiger partial charge in [-0.25, -0.2) is 19.4 Å². The monoisotopic (exact) mass is 400 g/mol. The molecule has 0 bridgehead atoms. The lowest BCUT2D eigenvalue weighted by molar-refractivity contribution is -0.187. The van der Waals surface area contributed by atoms with Gasteiger partial charge in [-0.3, -0.25) is 9.15 Å². The number of hydrogen-bond donors (Lipinski definition) is 1. The first-order valence-electron chi connectivity index (χ1n) is 9.31. The Kier molecular flexibility index (Phi) is 5.53. The summed E-state index contributed by atoms with van der Waals surface area (Å²) in [5.74, 6) is -1.58.